The first kappa shape index (κ1) is 15.6. The monoisotopic (exact) mass is 337 g/mol. The van der Waals surface area contributed by atoms with Crippen LogP contribution in [-0.2, 0) is 9.53 Å². The highest BCUT2D eigenvalue weighted by Crippen LogP contribution is 2.41. The lowest BCUT2D eigenvalue weighted by Gasteiger charge is -2.07. The summed E-state index contributed by atoms with van der Waals surface area (Å²) in [5.74, 6) is 1.03. The Morgan fingerprint density at radius 3 is 3.05 bits per heavy atom. The molecule has 2 heterocycles. The Morgan fingerprint density at radius 2 is 2.36 bits per heavy atom. The van der Waals surface area contributed by atoms with E-state index in [1.165, 1.54) is 11.8 Å². The van der Waals surface area contributed by atoms with Gasteiger partial charge in [0.25, 0.3) is 0 Å². The van der Waals surface area contributed by atoms with Gasteiger partial charge in [-0.1, -0.05) is 31.2 Å². The number of esters is 1. The molecule has 3 rings (SSSR count). The third kappa shape index (κ3) is 3.70. The highest BCUT2D eigenvalue weighted by atomic mass is 32.2. The summed E-state index contributed by atoms with van der Waals surface area (Å²) in [4.78, 5) is 12.8. The van der Waals surface area contributed by atoms with Crippen LogP contribution in [0.4, 0.5) is 0 Å². The Hall–Kier alpha value is -1.34. The van der Waals surface area contributed by atoms with Crippen molar-refractivity contribution < 1.29 is 9.53 Å². The molecule has 0 bridgehead atoms. The van der Waals surface area contributed by atoms with E-state index in [9.17, 15) is 4.79 Å². The number of hydrogen-bond donors (Lipinski definition) is 0. The lowest BCUT2D eigenvalue weighted by Crippen LogP contribution is -2.09. The first-order chi connectivity index (χ1) is 10.8. The Morgan fingerprint density at radius 1 is 1.50 bits per heavy atom. The SMILES string of the molecule is CCCCOC(=O)CSc1nnc(-c2cccs2)n1C1CC1. The van der Waals surface area contributed by atoms with E-state index in [-0.39, 0.29) is 5.97 Å². The topological polar surface area (TPSA) is 57.0 Å². The van der Waals surface area contributed by atoms with E-state index in [0.29, 0.717) is 18.4 Å². The number of thiophene rings is 1. The standard InChI is InChI=1S/C15H19N3O2S2/c1-2-3-8-20-13(19)10-22-15-17-16-14(12-5-4-9-21-12)18(15)11-6-7-11/h4-5,9,11H,2-3,6-8,10H2,1H3. The van der Waals surface area contributed by atoms with Crippen molar-refractivity contribution in [2.45, 2.75) is 43.8 Å². The van der Waals surface area contributed by atoms with Gasteiger partial charge in [-0.15, -0.1) is 21.5 Å². The van der Waals surface area contributed by atoms with Gasteiger partial charge in [-0.3, -0.25) is 9.36 Å². The molecule has 0 spiro atoms. The number of hydrogen-bond acceptors (Lipinski definition) is 6. The summed E-state index contributed by atoms with van der Waals surface area (Å²) in [5, 5.41) is 11.5. The van der Waals surface area contributed by atoms with Gasteiger partial charge in [0.15, 0.2) is 11.0 Å². The molecular formula is C15H19N3O2S2. The number of unbranched alkanes of at least 4 members (excludes halogenated alkanes) is 1. The van der Waals surface area contributed by atoms with Crippen molar-refractivity contribution >= 4 is 29.1 Å². The fourth-order valence-electron chi connectivity index (χ4n) is 2.11. The van der Waals surface area contributed by atoms with Gasteiger partial charge in [-0.2, -0.15) is 0 Å². The van der Waals surface area contributed by atoms with Crippen LogP contribution in [-0.4, -0.2) is 33.1 Å². The lowest BCUT2D eigenvalue weighted by molar-refractivity contribution is -0.140. The average molecular weight is 337 g/mol. The van der Waals surface area contributed by atoms with Crippen molar-refractivity contribution in [2.24, 2.45) is 0 Å². The number of carbonyl (C=O) groups excluding carboxylic acids is 1. The van der Waals surface area contributed by atoms with Gasteiger partial charge in [-0.25, -0.2) is 0 Å². The summed E-state index contributed by atoms with van der Waals surface area (Å²) < 4.78 is 7.36. The summed E-state index contributed by atoms with van der Waals surface area (Å²) in [7, 11) is 0. The molecule has 1 saturated carbocycles. The molecule has 118 valence electrons. The van der Waals surface area contributed by atoms with Crippen molar-refractivity contribution in [3.63, 3.8) is 0 Å². The molecule has 2 aromatic rings. The summed E-state index contributed by atoms with van der Waals surface area (Å²) >= 11 is 3.08. The molecular weight excluding hydrogens is 318 g/mol. The summed E-state index contributed by atoms with van der Waals surface area (Å²) in [5.41, 5.74) is 0. The van der Waals surface area contributed by atoms with Crippen molar-refractivity contribution in [3.8, 4) is 10.7 Å². The molecule has 0 aliphatic heterocycles. The van der Waals surface area contributed by atoms with Gasteiger partial charge in [0.1, 0.15) is 0 Å². The zero-order valence-corrected chi connectivity index (χ0v) is 14.2. The first-order valence-corrected chi connectivity index (χ1v) is 9.43. The first-order valence-electron chi connectivity index (χ1n) is 7.56. The molecule has 0 atom stereocenters. The van der Waals surface area contributed by atoms with Gasteiger partial charge < -0.3 is 4.74 Å². The van der Waals surface area contributed by atoms with Crippen LogP contribution >= 0.6 is 23.1 Å². The van der Waals surface area contributed by atoms with Crippen molar-refractivity contribution in [1.82, 2.24) is 14.8 Å². The maximum atomic E-state index is 11.7. The highest BCUT2D eigenvalue weighted by molar-refractivity contribution is 7.99. The van der Waals surface area contributed by atoms with Crippen molar-refractivity contribution in [1.29, 1.82) is 0 Å². The normalized spacial score (nSPS) is 14.2. The smallest absolute Gasteiger partial charge is 0.316 e. The zero-order chi connectivity index (χ0) is 15.4. The predicted octanol–water partition coefficient (Wildman–Crippen LogP) is 3.78. The number of thioether (sulfide) groups is 1. The van der Waals surface area contributed by atoms with E-state index in [4.69, 9.17) is 4.74 Å². The van der Waals surface area contributed by atoms with Crippen LogP contribution in [0.15, 0.2) is 22.7 Å². The molecule has 7 heteroatoms. The van der Waals surface area contributed by atoms with Crippen LogP contribution in [0, 0.1) is 0 Å². The molecule has 0 amide bonds. The Labute approximate surface area is 138 Å². The fraction of sp³-hybridized carbons (Fsp3) is 0.533. The van der Waals surface area contributed by atoms with Crippen molar-refractivity contribution in [3.05, 3.63) is 17.5 Å². The number of carbonyl (C=O) groups is 1. The van der Waals surface area contributed by atoms with E-state index in [1.807, 2.05) is 11.4 Å². The number of nitrogens with zero attached hydrogens (tertiary/aromatic N) is 3. The van der Waals surface area contributed by atoms with Crippen molar-refractivity contribution in [2.75, 3.05) is 12.4 Å². The Balaban J connectivity index is 1.65. The second-order valence-corrected chi connectivity index (χ2v) is 7.14. The molecule has 1 aliphatic carbocycles. The summed E-state index contributed by atoms with van der Waals surface area (Å²) in [6.45, 7) is 2.58. The lowest BCUT2D eigenvalue weighted by atomic mass is 10.4. The molecule has 2 aromatic heterocycles. The molecule has 22 heavy (non-hydrogen) atoms. The molecule has 0 unspecified atom stereocenters. The largest absolute Gasteiger partial charge is 0.465 e. The minimum Gasteiger partial charge on any atom is -0.465 e. The highest BCUT2D eigenvalue weighted by Gasteiger charge is 2.30. The van der Waals surface area contributed by atoms with Crippen LogP contribution in [0.3, 0.4) is 0 Å². The van der Waals surface area contributed by atoms with E-state index >= 15 is 0 Å². The minimum absolute atomic E-state index is 0.179. The van der Waals surface area contributed by atoms with E-state index in [2.05, 4.69) is 27.8 Å². The Kier molecular flexibility index (Phi) is 5.15. The van der Waals surface area contributed by atoms with Crippen LogP contribution in [0.25, 0.3) is 10.7 Å². The number of ether oxygens (including phenoxy) is 1. The maximum absolute atomic E-state index is 11.7. The number of aromatic nitrogens is 3. The van der Waals surface area contributed by atoms with Gasteiger partial charge in [0, 0.05) is 6.04 Å². The van der Waals surface area contributed by atoms with Gasteiger partial charge >= 0.3 is 5.97 Å². The third-order valence-electron chi connectivity index (χ3n) is 3.40. The molecule has 5 nitrogen and oxygen atoms in total. The zero-order valence-electron chi connectivity index (χ0n) is 12.5. The molecule has 0 radical (unpaired) electrons. The van der Waals surface area contributed by atoms with Crippen LogP contribution < -0.4 is 0 Å². The van der Waals surface area contributed by atoms with Crippen LogP contribution in [0.5, 0.6) is 0 Å². The van der Waals surface area contributed by atoms with Crippen LogP contribution in [0.2, 0.25) is 0 Å². The van der Waals surface area contributed by atoms with Gasteiger partial charge in [-0.05, 0) is 30.7 Å². The predicted molar refractivity (Wildman–Crippen MR) is 88.2 cm³/mol. The minimum atomic E-state index is -0.179. The quantitative estimate of drug-likeness (QED) is 0.417. The summed E-state index contributed by atoms with van der Waals surface area (Å²) in [6.07, 6.45) is 4.26. The second kappa shape index (κ2) is 7.28. The van der Waals surface area contributed by atoms with Crippen LogP contribution in [0.1, 0.15) is 38.6 Å². The summed E-state index contributed by atoms with van der Waals surface area (Å²) in [6, 6.07) is 4.55. The third-order valence-corrected chi connectivity index (χ3v) is 5.18. The average Bonchev–Trinajstić information content (AvgIpc) is 3.04. The molecule has 0 saturated heterocycles. The van der Waals surface area contributed by atoms with E-state index in [0.717, 1.165) is 41.5 Å². The maximum Gasteiger partial charge on any atom is 0.316 e. The fourth-order valence-corrected chi connectivity index (χ4v) is 3.62. The second-order valence-electron chi connectivity index (χ2n) is 5.25. The Bertz CT molecular complexity index is 621. The van der Waals surface area contributed by atoms with Gasteiger partial charge in [0.2, 0.25) is 0 Å². The molecule has 0 N–H and O–H groups in total. The molecule has 1 fully saturated rings. The molecule has 0 aromatic carbocycles. The molecule has 1 aliphatic rings. The van der Waals surface area contributed by atoms with E-state index < -0.39 is 0 Å². The number of rotatable bonds is 8. The van der Waals surface area contributed by atoms with E-state index in [1.54, 1.807) is 11.3 Å². The van der Waals surface area contributed by atoms with Gasteiger partial charge in [0.05, 0.1) is 17.2 Å².